The molecular weight excluding hydrogens is 298 g/mol. The van der Waals surface area contributed by atoms with Gasteiger partial charge in [0.15, 0.2) is 5.78 Å². The van der Waals surface area contributed by atoms with Gasteiger partial charge in [-0.15, -0.1) is 0 Å². The number of nitrogens with zero attached hydrogens (tertiary/aromatic N) is 3. The Bertz CT molecular complexity index is 895. The smallest absolute Gasteiger partial charge is 0.167 e. The zero-order valence-corrected chi connectivity index (χ0v) is 13.9. The number of carbonyl (C=O) groups is 1. The molecule has 4 rings (SSSR count). The predicted octanol–water partition coefficient (Wildman–Crippen LogP) is 4.09. The number of hydrogen-bond donors (Lipinski definition) is 0. The summed E-state index contributed by atoms with van der Waals surface area (Å²) >= 11 is 0. The van der Waals surface area contributed by atoms with E-state index in [1.54, 1.807) is 6.20 Å². The number of fused-ring (bicyclic) bond motifs is 1. The van der Waals surface area contributed by atoms with Crippen molar-refractivity contribution < 1.29 is 4.79 Å². The zero-order chi connectivity index (χ0) is 16.7. The fraction of sp³-hybridized carbons (Fsp3) is 0.250. The molecule has 0 fully saturated rings. The van der Waals surface area contributed by atoms with E-state index in [4.69, 9.17) is 5.10 Å². The largest absolute Gasteiger partial charge is 0.294 e. The minimum atomic E-state index is -0.0542. The van der Waals surface area contributed by atoms with Gasteiger partial charge in [-0.3, -0.25) is 9.78 Å². The summed E-state index contributed by atoms with van der Waals surface area (Å²) in [5.41, 5.74) is 4.08. The minimum Gasteiger partial charge on any atom is -0.294 e. The standard InChI is InChI=1S/C20H19N3O/c1-20(2)12-16-18(17(24)13-20)19(15-10-6-7-11-21-15)23(22-16)14-8-4-3-5-9-14/h3-11H,12-13H2,1-2H3. The molecule has 0 aliphatic heterocycles. The number of aromatic nitrogens is 3. The van der Waals surface area contributed by atoms with Gasteiger partial charge in [0.05, 0.1) is 22.6 Å². The van der Waals surface area contributed by atoms with Crippen LogP contribution in [-0.4, -0.2) is 20.5 Å². The number of para-hydroxylation sites is 1. The van der Waals surface area contributed by atoms with Gasteiger partial charge < -0.3 is 0 Å². The van der Waals surface area contributed by atoms with E-state index < -0.39 is 0 Å². The Morgan fingerprint density at radius 2 is 1.75 bits per heavy atom. The highest BCUT2D eigenvalue weighted by molar-refractivity contribution is 6.04. The molecule has 120 valence electrons. The lowest BCUT2D eigenvalue weighted by Crippen LogP contribution is -2.26. The summed E-state index contributed by atoms with van der Waals surface area (Å²) in [5, 5.41) is 4.80. The van der Waals surface area contributed by atoms with Crippen molar-refractivity contribution in [1.82, 2.24) is 14.8 Å². The average Bonchev–Trinajstić information content (AvgIpc) is 2.94. The van der Waals surface area contributed by atoms with E-state index in [0.717, 1.165) is 34.8 Å². The van der Waals surface area contributed by atoms with Crippen LogP contribution in [0.5, 0.6) is 0 Å². The fourth-order valence-corrected chi connectivity index (χ4v) is 3.41. The molecule has 1 aliphatic rings. The number of rotatable bonds is 2. The molecule has 24 heavy (non-hydrogen) atoms. The van der Waals surface area contributed by atoms with Crippen molar-refractivity contribution in [3.63, 3.8) is 0 Å². The highest BCUT2D eigenvalue weighted by Gasteiger charge is 2.36. The highest BCUT2D eigenvalue weighted by atomic mass is 16.1. The van der Waals surface area contributed by atoms with Crippen LogP contribution in [0.3, 0.4) is 0 Å². The first-order valence-electron chi connectivity index (χ1n) is 8.17. The summed E-state index contributed by atoms with van der Waals surface area (Å²) < 4.78 is 1.87. The highest BCUT2D eigenvalue weighted by Crippen LogP contribution is 2.39. The monoisotopic (exact) mass is 317 g/mol. The molecule has 4 nitrogen and oxygen atoms in total. The number of Topliss-reactive ketones (excluding diaryl/α,β-unsaturated/α-hetero) is 1. The van der Waals surface area contributed by atoms with E-state index in [1.165, 1.54) is 0 Å². The van der Waals surface area contributed by atoms with Gasteiger partial charge in [-0.1, -0.05) is 38.1 Å². The molecule has 4 heteroatoms. The van der Waals surface area contributed by atoms with Gasteiger partial charge in [0, 0.05) is 12.6 Å². The van der Waals surface area contributed by atoms with Crippen LogP contribution in [0, 0.1) is 5.41 Å². The molecule has 0 unspecified atom stereocenters. The molecule has 2 aromatic heterocycles. The molecule has 0 saturated carbocycles. The van der Waals surface area contributed by atoms with Crippen LogP contribution in [0.15, 0.2) is 54.7 Å². The third kappa shape index (κ3) is 2.44. The summed E-state index contributed by atoms with van der Waals surface area (Å²) in [6.07, 6.45) is 3.09. The quantitative estimate of drug-likeness (QED) is 0.715. The minimum absolute atomic E-state index is 0.0542. The summed E-state index contributed by atoms with van der Waals surface area (Å²) in [5.74, 6) is 0.157. The van der Waals surface area contributed by atoms with Gasteiger partial charge in [-0.2, -0.15) is 5.10 Å². The van der Waals surface area contributed by atoms with E-state index in [0.29, 0.717) is 6.42 Å². The maximum absolute atomic E-state index is 12.9. The van der Waals surface area contributed by atoms with Crippen molar-refractivity contribution in [3.8, 4) is 17.1 Å². The second-order valence-electron chi connectivity index (χ2n) is 7.07. The van der Waals surface area contributed by atoms with Crippen molar-refractivity contribution in [2.75, 3.05) is 0 Å². The van der Waals surface area contributed by atoms with Gasteiger partial charge in [0.25, 0.3) is 0 Å². The summed E-state index contributed by atoms with van der Waals surface area (Å²) in [4.78, 5) is 17.3. The van der Waals surface area contributed by atoms with Crippen LogP contribution < -0.4 is 0 Å². The molecule has 0 atom stereocenters. The summed E-state index contributed by atoms with van der Waals surface area (Å²) in [6.45, 7) is 4.24. The molecule has 3 aromatic rings. The van der Waals surface area contributed by atoms with E-state index in [2.05, 4.69) is 18.8 Å². The van der Waals surface area contributed by atoms with Gasteiger partial charge in [0.1, 0.15) is 5.69 Å². The number of hydrogen-bond acceptors (Lipinski definition) is 3. The van der Waals surface area contributed by atoms with Crippen molar-refractivity contribution in [3.05, 3.63) is 66.0 Å². The SMILES string of the molecule is CC1(C)CC(=O)c2c(nn(-c3ccccc3)c2-c2ccccn2)C1. The third-order valence-corrected chi connectivity index (χ3v) is 4.43. The van der Waals surface area contributed by atoms with Gasteiger partial charge in [0.2, 0.25) is 0 Å². The van der Waals surface area contributed by atoms with E-state index in [-0.39, 0.29) is 11.2 Å². The number of benzene rings is 1. The Labute approximate surface area is 141 Å². The molecular formula is C20H19N3O. The first-order valence-corrected chi connectivity index (χ1v) is 8.17. The molecule has 0 spiro atoms. The van der Waals surface area contributed by atoms with E-state index in [9.17, 15) is 4.79 Å². The van der Waals surface area contributed by atoms with Crippen molar-refractivity contribution in [2.24, 2.45) is 5.41 Å². The van der Waals surface area contributed by atoms with Crippen LogP contribution in [0.4, 0.5) is 0 Å². The van der Waals surface area contributed by atoms with E-state index in [1.807, 2.05) is 53.2 Å². The lowest BCUT2D eigenvalue weighted by Gasteiger charge is -2.27. The molecule has 0 N–H and O–H groups in total. The van der Waals surface area contributed by atoms with Crippen molar-refractivity contribution in [2.45, 2.75) is 26.7 Å². The molecule has 1 aliphatic carbocycles. The van der Waals surface area contributed by atoms with Crippen LogP contribution in [0.2, 0.25) is 0 Å². The maximum atomic E-state index is 12.9. The fourth-order valence-electron chi connectivity index (χ4n) is 3.41. The first kappa shape index (κ1) is 14.8. The number of pyridine rings is 1. The average molecular weight is 317 g/mol. The van der Waals surface area contributed by atoms with Crippen molar-refractivity contribution >= 4 is 5.78 Å². The zero-order valence-electron chi connectivity index (χ0n) is 13.9. The molecule has 0 bridgehead atoms. The van der Waals surface area contributed by atoms with Crippen LogP contribution >= 0.6 is 0 Å². The van der Waals surface area contributed by atoms with Gasteiger partial charge in [-0.25, -0.2) is 4.68 Å². The van der Waals surface area contributed by atoms with Gasteiger partial charge in [-0.05, 0) is 36.1 Å². The summed E-state index contributed by atoms with van der Waals surface area (Å²) in [6, 6.07) is 15.7. The maximum Gasteiger partial charge on any atom is 0.167 e. The number of carbonyl (C=O) groups excluding carboxylic acids is 1. The lowest BCUT2D eigenvalue weighted by atomic mass is 9.75. The number of ketones is 1. The van der Waals surface area contributed by atoms with Crippen LogP contribution in [-0.2, 0) is 6.42 Å². The predicted molar refractivity (Wildman–Crippen MR) is 93.2 cm³/mol. The topological polar surface area (TPSA) is 47.8 Å². The Hall–Kier alpha value is -2.75. The first-order chi connectivity index (χ1) is 11.6. The van der Waals surface area contributed by atoms with Crippen LogP contribution in [0.1, 0.15) is 36.3 Å². The van der Waals surface area contributed by atoms with Crippen molar-refractivity contribution in [1.29, 1.82) is 0 Å². The Kier molecular flexibility index (Phi) is 3.34. The molecule has 0 saturated heterocycles. The normalized spacial score (nSPS) is 16.0. The molecule has 0 amide bonds. The Morgan fingerprint density at radius 1 is 1.00 bits per heavy atom. The second-order valence-corrected chi connectivity index (χ2v) is 7.07. The van der Waals surface area contributed by atoms with Crippen LogP contribution in [0.25, 0.3) is 17.1 Å². The molecule has 1 aromatic carbocycles. The van der Waals surface area contributed by atoms with Gasteiger partial charge >= 0.3 is 0 Å². The Morgan fingerprint density at radius 3 is 2.46 bits per heavy atom. The molecule has 0 radical (unpaired) electrons. The summed E-state index contributed by atoms with van der Waals surface area (Å²) in [7, 11) is 0. The second kappa shape index (κ2) is 5.41. The lowest BCUT2D eigenvalue weighted by molar-refractivity contribution is 0.0912. The molecule has 2 heterocycles. The Balaban J connectivity index is 2.00. The van der Waals surface area contributed by atoms with E-state index >= 15 is 0 Å². The third-order valence-electron chi connectivity index (χ3n) is 4.43.